The van der Waals surface area contributed by atoms with Crippen molar-refractivity contribution in [3.05, 3.63) is 66.2 Å². The van der Waals surface area contributed by atoms with Crippen LogP contribution in [-0.4, -0.2) is 69.7 Å². The van der Waals surface area contributed by atoms with Crippen LogP contribution in [0.25, 0.3) is 16.6 Å². The van der Waals surface area contributed by atoms with Gasteiger partial charge in [-0.3, -0.25) is 4.90 Å². The molecule has 8 nitrogen and oxygen atoms in total. The highest BCUT2D eigenvalue weighted by molar-refractivity contribution is 5.84. The molecule has 3 aliphatic heterocycles. The lowest BCUT2D eigenvalue weighted by Crippen LogP contribution is -2.68. The van der Waals surface area contributed by atoms with Gasteiger partial charge in [-0.15, -0.1) is 0 Å². The zero-order chi connectivity index (χ0) is 25.5. The van der Waals surface area contributed by atoms with E-state index in [9.17, 15) is 8.78 Å². The maximum absolute atomic E-state index is 12.8. The number of rotatable bonds is 8. The van der Waals surface area contributed by atoms with Gasteiger partial charge in [0.2, 0.25) is 5.88 Å². The molecule has 3 fully saturated rings. The van der Waals surface area contributed by atoms with Gasteiger partial charge in [-0.1, -0.05) is 6.07 Å². The van der Waals surface area contributed by atoms with Crippen LogP contribution in [0.3, 0.4) is 0 Å². The van der Waals surface area contributed by atoms with Gasteiger partial charge in [0.25, 0.3) is 6.43 Å². The van der Waals surface area contributed by atoms with Crippen molar-refractivity contribution in [3.8, 4) is 17.0 Å². The number of fused-ring (bicyclic) bond motifs is 3. The van der Waals surface area contributed by atoms with Gasteiger partial charge in [-0.2, -0.15) is 5.10 Å². The molecule has 0 saturated carbocycles. The molecule has 0 aromatic carbocycles. The van der Waals surface area contributed by atoms with Gasteiger partial charge in [-0.25, -0.2) is 23.3 Å². The number of aromatic nitrogens is 4. The number of hydrogen-bond donors (Lipinski definition) is 1. The van der Waals surface area contributed by atoms with E-state index in [4.69, 9.17) is 9.72 Å². The third kappa shape index (κ3) is 4.57. The average Bonchev–Trinajstić information content (AvgIpc) is 3.31. The molecule has 4 aromatic heterocycles. The lowest BCUT2D eigenvalue weighted by Gasteiger charge is -2.56. The first-order valence-electron chi connectivity index (χ1n) is 12.4. The number of aryl methyl sites for hydroxylation is 1. The van der Waals surface area contributed by atoms with E-state index in [0.29, 0.717) is 23.7 Å². The van der Waals surface area contributed by atoms with Gasteiger partial charge in [0.1, 0.15) is 5.82 Å². The van der Waals surface area contributed by atoms with Crippen molar-refractivity contribution in [2.75, 3.05) is 37.0 Å². The van der Waals surface area contributed by atoms with E-state index in [-0.39, 0.29) is 0 Å². The van der Waals surface area contributed by atoms with Gasteiger partial charge >= 0.3 is 0 Å². The quantitative estimate of drug-likeness (QED) is 0.384. The van der Waals surface area contributed by atoms with E-state index in [1.165, 1.54) is 12.0 Å². The van der Waals surface area contributed by atoms with Crippen molar-refractivity contribution in [2.24, 2.45) is 0 Å². The van der Waals surface area contributed by atoms with Crippen LogP contribution in [0.15, 0.2) is 55.1 Å². The van der Waals surface area contributed by atoms with Crippen LogP contribution in [0, 0.1) is 6.92 Å². The summed E-state index contributed by atoms with van der Waals surface area (Å²) in [4.78, 5) is 14.0. The number of methoxy groups -OCH3 is 1. The molecule has 192 valence electrons. The Hall–Kier alpha value is -3.79. The van der Waals surface area contributed by atoms with Gasteiger partial charge in [0, 0.05) is 61.3 Å². The SMILES string of the molecule is COc1ccc(CN2C3CC2CN(c2ccc(-c4cc(NCC(F)F)cn5ncc(C)c45)cn2)C3)cn1. The van der Waals surface area contributed by atoms with E-state index in [2.05, 4.69) is 43.4 Å². The van der Waals surface area contributed by atoms with E-state index in [1.54, 1.807) is 24.0 Å². The van der Waals surface area contributed by atoms with Crippen LogP contribution >= 0.6 is 0 Å². The highest BCUT2D eigenvalue weighted by Crippen LogP contribution is 2.36. The first-order chi connectivity index (χ1) is 18.0. The second kappa shape index (κ2) is 9.59. The summed E-state index contributed by atoms with van der Waals surface area (Å²) < 4.78 is 32.4. The van der Waals surface area contributed by atoms with Crippen molar-refractivity contribution in [1.82, 2.24) is 24.5 Å². The third-order valence-electron chi connectivity index (χ3n) is 7.35. The minimum absolute atomic E-state index is 0.411. The van der Waals surface area contributed by atoms with Crippen molar-refractivity contribution in [2.45, 2.75) is 38.4 Å². The third-order valence-corrected chi connectivity index (χ3v) is 7.35. The van der Waals surface area contributed by atoms with Gasteiger partial charge in [-0.05, 0) is 42.7 Å². The van der Waals surface area contributed by atoms with Crippen molar-refractivity contribution >= 4 is 17.0 Å². The van der Waals surface area contributed by atoms with Crippen LogP contribution in [0.4, 0.5) is 20.3 Å². The minimum Gasteiger partial charge on any atom is -0.481 e. The molecule has 7 rings (SSSR count). The zero-order valence-electron chi connectivity index (χ0n) is 20.8. The van der Waals surface area contributed by atoms with Crippen molar-refractivity contribution < 1.29 is 13.5 Å². The summed E-state index contributed by atoms with van der Waals surface area (Å²) in [6.07, 6.45) is 6.06. The number of halogens is 2. The zero-order valence-corrected chi connectivity index (χ0v) is 20.8. The molecule has 3 aliphatic rings. The minimum atomic E-state index is -2.43. The predicted molar refractivity (Wildman–Crippen MR) is 138 cm³/mol. The van der Waals surface area contributed by atoms with Crippen LogP contribution < -0.4 is 15.0 Å². The fourth-order valence-electron chi connectivity index (χ4n) is 5.49. The van der Waals surface area contributed by atoms with E-state index >= 15 is 0 Å². The Morgan fingerprint density at radius 2 is 1.92 bits per heavy atom. The fourth-order valence-corrected chi connectivity index (χ4v) is 5.49. The van der Waals surface area contributed by atoms with E-state index in [1.807, 2.05) is 31.5 Å². The Balaban J connectivity index is 1.17. The van der Waals surface area contributed by atoms with Crippen LogP contribution in [0.1, 0.15) is 17.5 Å². The summed E-state index contributed by atoms with van der Waals surface area (Å²) in [6, 6.07) is 11.0. The number of alkyl halides is 2. The molecule has 3 saturated heterocycles. The lowest BCUT2D eigenvalue weighted by atomic mass is 9.87. The van der Waals surface area contributed by atoms with Crippen LogP contribution in [0.5, 0.6) is 5.88 Å². The molecule has 0 amide bonds. The molecule has 7 heterocycles. The molecular formula is C27H29F2N7O. The number of piperazine rings is 1. The summed E-state index contributed by atoms with van der Waals surface area (Å²) in [5, 5.41) is 7.19. The number of nitrogens with one attached hydrogen (secondary N) is 1. The second-order valence-electron chi connectivity index (χ2n) is 9.77. The molecule has 10 heteroatoms. The average molecular weight is 506 g/mol. The lowest BCUT2D eigenvalue weighted by molar-refractivity contribution is -0.00876. The first kappa shape index (κ1) is 23.6. The Labute approximate surface area is 213 Å². The number of pyridine rings is 3. The molecule has 0 spiro atoms. The van der Waals surface area contributed by atoms with Gasteiger partial charge in [0.05, 0.1) is 37.3 Å². The topological polar surface area (TPSA) is 70.8 Å². The summed E-state index contributed by atoms with van der Waals surface area (Å²) >= 11 is 0. The molecule has 2 unspecified atom stereocenters. The maximum Gasteiger partial charge on any atom is 0.255 e. The molecule has 4 aromatic rings. The molecule has 37 heavy (non-hydrogen) atoms. The molecule has 2 bridgehead atoms. The molecular weight excluding hydrogens is 476 g/mol. The Morgan fingerprint density at radius 1 is 1.08 bits per heavy atom. The van der Waals surface area contributed by atoms with Crippen molar-refractivity contribution in [3.63, 3.8) is 0 Å². The van der Waals surface area contributed by atoms with E-state index in [0.717, 1.165) is 47.7 Å². The van der Waals surface area contributed by atoms with Crippen LogP contribution in [-0.2, 0) is 6.54 Å². The normalized spacial score (nSPS) is 19.3. The Kier molecular flexibility index (Phi) is 6.11. The summed E-state index contributed by atoms with van der Waals surface area (Å²) in [5.74, 6) is 1.59. The summed E-state index contributed by atoms with van der Waals surface area (Å²) in [6.45, 7) is 4.35. The highest BCUT2D eigenvalue weighted by Gasteiger charge is 2.44. The Bertz CT molecular complexity index is 1380. The fraction of sp³-hybridized carbons (Fsp3) is 0.370. The molecule has 0 aliphatic carbocycles. The predicted octanol–water partition coefficient (Wildman–Crippen LogP) is 4.25. The largest absolute Gasteiger partial charge is 0.481 e. The van der Waals surface area contributed by atoms with Crippen LogP contribution in [0.2, 0.25) is 0 Å². The summed E-state index contributed by atoms with van der Waals surface area (Å²) in [5.41, 5.74) is 5.59. The number of piperidine rings is 1. The van der Waals surface area contributed by atoms with Crippen molar-refractivity contribution in [1.29, 1.82) is 0 Å². The summed E-state index contributed by atoms with van der Waals surface area (Å²) in [7, 11) is 1.63. The Morgan fingerprint density at radius 3 is 2.59 bits per heavy atom. The van der Waals surface area contributed by atoms with Gasteiger partial charge < -0.3 is 15.0 Å². The standard InChI is InChI=1S/C27H29F2N7O/c1-17-9-33-36-14-20(30-12-24(28)29)7-23(27(17)36)19-4-5-25(31-11-19)34-15-21-8-22(16-34)35(21)13-18-3-6-26(37-2)32-10-18/h3-7,9-11,14,21-22,24,30H,8,12-13,15-16H2,1-2H3. The second-order valence-corrected chi connectivity index (χ2v) is 9.77. The number of hydrogen-bond acceptors (Lipinski definition) is 7. The van der Waals surface area contributed by atoms with E-state index < -0.39 is 13.0 Å². The molecule has 2 atom stereocenters. The number of anilines is 2. The smallest absolute Gasteiger partial charge is 0.255 e. The molecule has 0 radical (unpaired) electrons. The first-order valence-corrected chi connectivity index (χ1v) is 12.4. The maximum atomic E-state index is 12.8. The molecule has 1 N–H and O–H groups in total. The monoisotopic (exact) mass is 505 g/mol. The highest BCUT2D eigenvalue weighted by atomic mass is 19.3. The number of nitrogens with zero attached hydrogens (tertiary/aromatic N) is 6. The van der Waals surface area contributed by atoms with Gasteiger partial charge in [0.15, 0.2) is 0 Å². The number of ether oxygens (including phenoxy) is 1.